The highest BCUT2D eigenvalue weighted by atomic mass is 35.7. The summed E-state index contributed by atoms with van der Waals surface area (Å²) in [6.45, 7) is 0. The molecule has 0 spiro atoms. The van der Waals surface area contributed by atoms with Gasteiger partial charge in [0.1, 0.15) is 0 Å². The van der Waals surface area contributed by atoms with Gasteiger partial charge >= 0.3 is 0 Å². The summed E-state index contributed by atoms with van der Waals surface area (Å²) in [5, 5.41) is -1.08. The number of hydrogen-bond acceptors (Lipinski definition) is 4. The van der Waals surface area contributed by atoms with Gasteiger partial charge in [-0.05, 0) is 12.1 Å². The normalized spacial score (nSPS) is 12.6. The first-order valence-electron chi connectivity index (χ1n) is 3.51. The van der Waals surface area contributed by atoms with Crippen LogP contribution in [-0.4, -0.2) is 21.9 Å². The molecule has 78 valence electrons. The zero-order chi connectivity index (χ0) is 10.8. The molecule has 4 nitrogen and oxygen atoms in total. The van der Waals surface area contributed by atoms with Gasteiger partial charge in [0.15, 0.2) is 14.9 Å². The minimum absolute atomic E-state index is 0.0516. The van der Waals surface area contributed by atoms with Crippen LogP contribution in [-0.2, 0) is 18.9 Å². The molecule has 0 radical (unpaired) electrons. The average Bonchev–Trinajstić information content (AvgIpc) is 2.01. The van der Waals surface area contributed by atoms with E-state index in [1.165, 1.54) is 24.3 Å². The maximum absolute atomic E-state index is 11.4. The fourth-order valence-corrected chi connectivity index (χ4v) is 4.54. The smallest absolute Gasteiger partial charge is 0.223 e. The third kappa shape index (κ3) is 3.28. The van der Waals surface area contributed by atoms with Gasteiger partial charge in [-0.15, -0.1) is 0 Å². The quantitative estimate of drug-likeness (QED) is 0.755. The molecular weight excluding hydrogens is 248 g/mol. The van der Waals surface area contributed by atoms with Gasteiger partial charge in [-0.2, -0.15) is 0 Å². The van der Waals surface area contributed by atoms with Gasteiger partial charge in [0.05, 0.1) is 4.90 Å². The Balaban J connectivity index is 3.12. The second-order valence-corrected chi connectivity index (χ2v) is 7.72. The van der Waals surface area contributed by atoms with Crippen LogP contribution in [0.5, 0.6) is 0 Å². The summed E-state index contributed by atoms with van der Waals surface area (Å²) in [4.78, 5) is -0.0516. The number of benzene rings is 1. The maximum Gasteiger partial charge on any atom is 0.247 e. The predicted octanol–water partition coefficient (Wildman–Crippen LogP) is 0.986. The van der Waals surface area contributed by atoms with Crippen LogP contribution in [0.25, 0.3) is 0 Å². The highest BCUT2D eigenvalue weighted by molar-refractivity contribution is 8.21. The van der Waals surface area contributed by atoms with Crippen molar-refractivity contribution in [1.29, 1.82) is 0 Å². The lowest BCUT2D eigenvalue weighted by atomic mass is 10.4. The van der Waals surface area contributed by atoms with Crippen molar-refractivity contribution in [3.63, 3.8) is 0 Å². The summed E-state index contributed by atoms with van der Waals surface area (Å²) >= 11 is 0. The van der Waals surface area contributed by atoms with E-state index in [4.69, 9.17) is 10.7 Å². The molecule has 0 unspecified atom stereocenters. The molecule has 1 aromatic carbocycles. The van der Waals surface area contributed by atoms with Crippen molar-refractivity contribution in [1.82, 2.24) is 0 Å². The Kier molecular flexibility index (Phi) is 3.18. The molecule has 0 fully saturated rings. The Morgan fingerprint density at radius 1 is 1.00 bits per heavy atom. The Bertz CT molecular complexity index is 504. The van der Waals surface area contributed by atoms with E-state index >= 15 is 0 Å². The number of rotatable bonds is 3. The van der Waals surface area contributed by atoms with Crippen molar-refractivity contribution in [2.24, 2.45) is 0 Å². The zero-order valence-electron chi connectivity index (χ0n) is 6.92. The van der Waals surface area contributed by atoms with Crippen LogP contribution < -0.4 is 0 Å². The van der Waals surface area contributed by atoms with Crippen LogP contribution in [0.1, 0.15) is 0 Å². The molecule has 0 bridgehead atoms. The summed E-state index contributed by atoms with van der Waals surface area (Å²) in [6, 6.07) is 7.28. The highest BCUT2D eigenvalue weighted by Gasteiger charge is 2.21. The summed E-state index contributed by atoms with van der Waals surface area (Å²) in [7, 11) is -3.02. The van der Waals surface area contributed by atoms with Gasteiger partial charge in [-0.1, -0.05) is 18.2 Å². The molecule has 7 heteroatoms. The molecule has 0 N–H and O–H groups in total. The van der Waals surface area contributed by atoms with E-state index in [2.05, 4.69) is 0 Å². The van der Waals surface area contributed by atoms with Crippen molar-refractivity contribution in [2.75, 3.05) is 5.08 Å². The fourth-order valence-electron chi connectivity index (χ4n) is 0.881. The molecule has 0 saturated carbocycles. The van der Waals surface area contributed by atoms with E-state index in [1.54, 1.807) is 6.07 Å². The Labute approximate surface area is 86.9 Å². The minimum atomic E-state index is -4.05. The molecule has 0 atom stereocenters. The van der Waals surface area contributed by atoms with Crippen LogP contribution in [0.3, 0.4) is 0 Å². The third-order valence-electron chi connectivity index (χ3n) is 1.40. The largest absolute Gasteiger partial charge is 0.247 e. The molecular formula is C7H7ClO4S2. The Hall–Kier alpha value is -0.590. The molecule has 1 aromatic rings. The van der Waals surface area contributed by atoms with Crippen LogP contribution >= 0.6 is 10.7 Å². The molecule has 0 aliphatic rings. The molecule has 1 rings (SSSR count). The van der Waals surface area contributed by atoms with Crippen molar-refractivity contribution in [2.45, 2.75) is 4.90 Å². The van der Waals surface area contributed by atoms with Crippen LogP contribution in [0, 0.1) is 0 Å². The predicted molar refractivity (Wildman–Crippen MR) is 53.3 cm³/mol. The lowest BCUT2D eigenvalue weighted by Crippen LogP contribution is -2.12. The van der Waals surface area contributed by atoms with Crippen molar-refractivity contribution >= 4 is 29.6 Å². The van der Waals surface area contributed by atoms with Crippen LogP contribution in [0.15, 0.2) is 35.2 Å². The minimum Gasteiger partial charge on any atom is -0.223 e. The van der Waals surface area contributed by atoms with Crippen molar-refractivity contribution < 1.29 is 16.8 Å². The molecule has 0 heterocycles. The van der Waals surface area contributed by atoms with Gasteiger partial charge < -0.3 is 0 Å². The van der Waals surface area contributed by atoms with Crippen LogP contribution in [0.2, 0.25) is 0 Å². The molecule has 14 heavy (non-hydrogen) atoms. The van der Waals surface area contributed by atoms with Gasteiger partial charge in [-0.25, -0.2) is 16.8 Å². The monoisotopic (exact) mass is 254 g/mol. The topological polar surface area (TPSA) is 68.3 Å². The molecule has 0 saturated heterocycles. The lowest BCUT2D eigenvalue weighted by Gasteiger charge is -2.00. The SMILES string of the molecule is O=S(=O)(Cl)CS(=O)(=O)c1ccccc1. The summed E-state index contributed by atoms with van der Waals surface area (Å²) in [6.07, 6.45) is 0. The number of hydrogen-bond donors (Lipinski definition) is 0. The maximum atomic E-state index is 11.4. The first-order valence-corrected chi connectivity index (χ1v) is 7.64. The van der Waals surface area contributed by atoms with E-state index in [-0.39, 0.29) is 4.90 Å². The number of sulfone groups is 1. The number of halogens is 1. The zero-order valence-corrected chi connectivity index (χ0v) is 9.31. The molecule has 0 amide bonds. The average molecular weight is 255 g/mol. The second kappa shape index (κ2) is 3.88. The fraction of sp³-hybridized carbons (Fsp3) is 0.143. The third-order valence-corrected chi connectivity index (χ3v) is 5.56. The van der Waals surface area contributed by atoms with Gasteiger partial charge in [-0.3, -0.25) is 0 Å². The van der Waals surface area contributed by atoms with Crippen molar-refractivity contribution in [3.05, 3.63) is 30.3 Å². The van der Waals surface area contributed by atoms with E-state index in [9.17, 15) is 16.8 Å². The van der Waals surface area contributed by atoms with E-state index < -0.39 is 24.0 Å². The highest BCUT2D eigenvalue weighted by Crippen LogP contribution is 2.13. The summed E-state index contributed by atoms with van der Waals surface area (Å²) in [5.41, 5.74) is 0. The van der Waals surface area contributed by atoms with E-state index in [0.717, 1.165) is 0 Å². The van der Waals surface area contributed by atoms with E-state index in [1.807, 2.05) is 0 Å². The molecule has 0 aliphatic heterocycles. The summed E-state index contributed by atoms with van der Waals surface area (Å²) in [5.74, 6) is 0. The van der Waals surface area contributed by atoms with Gasteiger partial charge in [0, 0.05) is 10.7 Å². The Morgan fingerprint density at radius 3 is 1.93 bits per heavy atom. The Morgan fingerprint density at radius 2 is 1.50 bits per heavy atom. The second-order valence-electron chi connectivity index (χ2n) is 2.58. The van der Waals surface area contributed by atoms with E-state index in [0.29, 0.717) is 0 Å². The summed E-state index contributed by atoms with van der Waals surface area (Å²) < 4.78 is 44.0. The first-order chi connectivity index (χ1) is 6.31. The standard InChI is InChI=1S/C7H7ClO4S2/c8-14(11,12)6-13(9,10)7-4-2-1-3-5-7/h1-5H,6H2. The lowest BCUT2D eigenvalue weighted by molar-refractivity contribution is 0.594. The van der Waals surface area contributed by atoms with Crippen molar-refractivity contribution in [3.8, 4) is 0 Å². The molecule has 0 aliphatic carbocycles. The van der Waals surface area contributed by atoms with Gasteiger partial charge in [0.2, 0.25) is 9.05 Å². The van der Waals surface area contributed by atoms with Gasteiger partial charge in [0.25, 0.3) is 0 Å². The molecule has 0 aromatic heterocycles. The van der Waals surface area contributed by atoms with Crippen LogP contribution in [0.4, 0.5) is 0 Å². The first kappa shape index (κ1) is 11.5.